The topological polar surface area (TPSA) is 37.4 Å². The Balaban J connectivity index is 2.53. The molecule has 1 aromatic rings. The molecular formula is C13H15NO2. The molecule has 1 aliphatic rings. The molecular weight excluding hydrogens is 202 g/mol. The fraction of sp³-hybridized carbons (Fsp3) is 0.385. The van der Waals surface area contributed by atoms with Crippen molar-refractivity contribution in [3.8, 4) is 0 Å². The number of fused-ring (bicyclic) bond motifs is 1. The summed E-state index contributed by atoms with van der Waals surface area (Å²) in [5, 5.41) is 0. The molecule has 3 heteroatoms. The Bertz CT molecular complexity index is 439. The van der Waals surface area contributed by atoms with Crippen LogP contribution in [0.15, 0.2) is 24.3 Å². The van der Waals surface area contributed by atoms with Gasteiger partial charge in [-0.1, -0.05) is 24.3 Å². The van der Waals surface area contributed by atoms with Crippen LogP contribution in [0.2, 0.25) is 0 Å². The standard InChI is InChI=1S/C13H15NO2/c1-9(15)12-11-6-4-3-5-10(11)7-8-14(2)13(12)16/h3-6,12H,7-8H2,1-2H3. The molecule has 1 amide bonds. The second-order valence-corrected chi connectivity index (χ2v) is 4.25. The average molecular weight is 217 g/mol. The van der Waals surface area contributed by atoms with Crippen molar-refractivity contribution in [3.63, 3.8) is 0 Å². The van der Waals surface area contributed by atoms with Gasteiger partial charge in [-0.05, 0) is 24.5 Å². The number of hydrogen-bond donors (Lipinski definition) is 0. The van der Waals surface area contributed by atoms with Crippen LogP contribution >= 0.6 is 0 Å². The third kappa shape index (κ3) is 1.73. The van der Waals surface area contributed by atoms with Crippen LogP contribution in [0.25, 0.3) is 0 Å². The highest BCUT2D eigenvalue weighted by Gasteiger charge is 2.31. The molecule has 0 N–H and O–H groups in total. The lowest BCUT2D eigenvalue weighted by atomic mass is 9.91. The molecule has 0 fully saturated rings. The van der Waals surface area contributed by atoms with E-state index >= 15 is 0 Å². The van der Waals surface area contributed by atoms with Crippen molar-refractivity contribution in [2.24, 2.45) is 0 Å². The number of ketones is 1. The van der Waals surface area contributed by atoms with E-state index in [-0.39, 0.29) is 11.7 Å². The number of carbonyl (C=O) groups excluding carboxylic acids is 2. The number of hydrogen-bond acceptors (Lipinski definition) is 2. The minimum absolute atomic E-state index is 0.0776. The Morgan fingerprint density at radius 2 is 2.06 bits per heavy atom. The fourth-order valence-electron chi connectivity index (χ4n) is 2.19. The maximum absolute atomic E-state index is 12.1. The van der Waals surface area contributed by atoms with Gasteiger partial charge in [-0.2, -0.15) is 0 Å². The zero-order chi connectivity index (χ0) is 11.7. The number of nitrogens with zero attached hydrogens (tertiary/aromatic N) is 1. The molecule has 0 spiro atoms. The van der Waals surface area contributed by atoms with Gasteiger partial charge in [0, 0.05) is 13.6 Å². The number of amides is 1. The Labute approximate surface area is 95.1 Å². The molecule has 0 aromatic heterocycles. The van der Waals surface area contributed by atoms with Gasteiger partial charge in [0.1, 0.15) is 11.7 Å². The second kappa shape index (κ2) is 4.08. The van der Waals surface area contributed by atoms with E-state index in [1.54, 1.807) is 11.9 Å². The summed E-state index contributed by atoms with van der Waals surface area (Å²) in [4.78, 5) is 25.3. The number of likely N-dealkylation sites (N-methyl/N-ethyl adjacent to an activating group) is 1. The van der Waals surface area contributed by atoms with E-state index in [2.05, 4.69) is 0 Å². The first-order chi connectivity index (χ1) is 7.61. The molecule has 0 bridgehead atoms. The molecule has 1 atom stereocenters. The van der Waals surface area contributed by atoms with Crippen LogP contribution in [0, 0.1) is 0 Å². The van der Waals surface area contributed by atoms with Gasteiger partial charge in [0.25, 0.3) is 0 Å². The van der Waals surface area contributed by atoms with E-state index in [0.29, 0.717) is 6.54 Å². The lowest BCUT2D eigenvalue weighted by Crippen LogP contribution is -2.33. The molecule has 1 aromatic carbocycles. The first-order valence-electron chi connectivity index (χ1n) is 5.44. The molecule has 1 heterocycles. The maximum Gasteiger partial charge on any atom is 0.237 e. The van der Waals surface area contributed by atoms with Crippen molar-refractivity contribution in [3.05, 3.63) is 35.4 Å². The summed E-state index contributed by atoms with van der Waals surface area (Å²) in [6, 6.07) is 7.72. The normalized spacial score (nSPS) is 20.2. The molecule has 0 saturated carbocycles. The van der Waals surface area contributed by atoms with Gasteiger partial charge >= 0.3 is 0 Å². The summed E-state index contributed by atoms with van der Waals surface area (Å²) in [6.45, 7) is 2.16. The van der Waals surface area contributed by atoms with E-state index in [4.69, 9.17) is 0 Å². The zero-order valence-electron chi connectivity index (χ0n) is 9.56. The Morgan fingerprint density at radius 3 is 2.75 bits per heavy atom. The quantitative estimate of drug-likeness (QED) is 0.666. The largest absolute Gasteiger partial charge is 0.345 e. The van der Waals surface area contributed by atoms with Crippen molar-refractivity contribution in [2.75, 3.05) is 13.6 Å². The van der Waals surface area contributed by atoms with Crippen LogP contribution in [-0.4, -0.2) is 30.2 Å². The predicted molar refractivity (Wildman–Crippen MR) is 61.2 cm³/mol. The summed E-state index contributed by atoms with van der Waals surface area (Å²) in [6.07, 6.45) is 0.822. The van der Waals surface area contributed by atoms with Crippen molar-refractivity contribution in [1.82, 2.24) is 4.90 Å². The Hall–Kier alpha value is -1.64. The molecule has 0 saturated heterocycles. The molecule has 2 rings (SSSR count). The maximum atomic E-state index is 12.1. The number of carbonyl (C=O) groups is 2. The van der Waals surface area contributed by atoms with Crippen LogP contribution in [0.5, 0.6) is 0 Å². The van der Waals surface area contributed by atoms with E-state index in [1.165, 1.54) is 6.92 Å². The van der Waals surface area contributed by atoms with Crippen LogP contribution in [-0.2, 0) is 16.0 Å². The van der Waals surface area contributed by atoms with Gasteiger partial charge in [0.2, 0.25) is 5.91 Å². The molecule has 3 nitrogen and oxygen atoms in total. The summed E-state index contributed by atoms with van der Waals surface area (Å²) in [5.74, 6) is -0.771. The summed E-state index contributed by atoms with van der Waals surface area (Å²) >= 11 is 0. The monoisotopic (exact) mass is 217 g/mol. The van der Waals surface area contributed by atoms with Crippen molar-refractivity contribution in [2.45, 2.75) is 19.3 Å². The molecule has 0 radical (unpaired) electrons. The average Bonchev–Trinajstić information content (AvgIpc) is 2.38. The molecule has 1 aliphatic heterocycles. The minimum Gasteiger partial charge on any atom is -0.345 e. The molecule has 0 aliphatic carbocycles. The van der Waals surface area contributed by atoms with E-state index in [1.807, 2.05) is 24.3 Å². The van der Waals surface area contributed by atoms with Gasteiger partial charge in [0.15, 0.2) is 0 Å². The van der Waals surface area contributed by atoms with Crippen LogP contribution in [0.1, 0.15) is 24.0 Å². The highest BCUT2D eigenvalue weighted by Crippen LogP contribution is 2.26. The highest BCUT2D eigenvalue weighted by atomic mass is 16.2. The van der Waals surface area contributed by atoms with Crippen molar-refractivity contribution < 1.29 is 9.59 Å². The molecule has 1 unspecified atom stereocenters. The first kappa shape index (κ1) is 10.9. The number of benzene rings is 1. The highest BCUT2D eigenvalue weighted by molar-refractivity contribution is 6.06. The second-order valence-electron chi connectivity index (χ2n) is 4.25. The lowest BCUT2D eigenvalue weighted by molar-refractivity contribution is -0.135. The number of Topliss-reactive ketones (excluding diaryl/α,β-unsaturated/α-hetero) is 1. The van der Waals surface area contributed by atoms with Gasteiger partial charge in [-0.15, -0.1) is 0 Å². The SMILES string of the molecule is CC(=O)C1C(=O)N(C)CCc2ccccc21. The van der Waals surface area contributed by atoms with Gasteiger partial charge in [0.05, 0.1) is 0 Å². The van der Waals surface area contributed by atoms with Crippen LogP contribution in [0.4, 0.5) is 0 Å². The summed E-state index contributed by atoms with van der Waals surface area (Å²) in [7, 11) is 1.75. The van der Waals surface area contributed by atoms with Crippen LogP contribution < -0.4 is 0 Å². The molecule has 84 valence electrons. The number of rotatable bonds is 1. The van der Waals surface area contributed by atoms with E-state index in [0.717, 1.165) is 17.5 Å². The van der Waals surface area contributed by atoms with Crippen molar-refractivity contribution >= 4 is 11.7 Å². The van der Waals surface area contributed by atoms with Gasteiger partial charge in [-0.25, -0.2) is 0 Å². The van der Waals surface area contributed by atoms with Crippen LogP contribution in [0.3, 0.4) is 0 Å². The van der Waals surface area contributed by atoms with E-state index in [9.17, 15) is 9.59 Å². The van der Waals surface area contributed by atoms with Crippen molar-refractivity contribution in [1.29, 1.82) is 0 Å². The third-order valence-corrected chi connectivity index (χ3v) is 3.11. The Morgan fingerprint density at radius 1 is 1.38 bits per heavy atom. The summed E-state index contributed by atoms with van der Waals surface area (Å²) < 4.78 is 0. The Kier molecular flexibility index (Phi) is 2.77. The minimum atomic E-state index is -0.608. The smallest absolute Gasteiger partial charge is 0.237 e. The molecule has 16 heavy (non-hydrogen) atoms. The van der Waals surface area contributed by atoms with Gasteiger partial charge in [-0.3, -0.25) is 9.59 Å². The lowest BCUT2D eigenvalue weighted by Gasteiger charge is -2.18. The van der Waals surface area contributed by atoms with E-state index < -0.39 is 5.92 Å². The zero-order valence-corrected chi connectivity index (χ0v) is 9.56. The first-order valence-corrected chi connectivity index (χ1v) is 5.44. The van der Waals surface area contributed by atoms with Gasteiger partial charge < -0.3 is 4.90 Å². The third-order valence-electron chi connectivity index (χ3n) is 3.11. The predicted octanol–water partition coefficient (Wildman–Crippen LogP) is 1.37. The fourth-order valence-corrected chi connectivity index (χ4v) is 2.19. The summed E-state index contributed by atoms with van der Waals surface area (Å²) in [5.41, 5.74) is 1.99.